The predicted molar refractivity (Wildman–Crippen MR) is 113 cm³/mol. The largest absolute Gasteiger partial charge is 0.496 e. The third-order valence-electron chi connectivity index (χ3n) is 5.59. The molecule has 0 radical (unpaired) electrons. The number of carboxylic acids is 1. The first kappa shape index (κ1) is 22.3. The van der Waals surface area contributed by atoms with Gasteiger partial charge in [-0.15, -0.1) is 4.80 Å². The number of hydrogen-bond acceptors (Lipinski definition) is 8. The number of piperidine rings is 1. The Bertz CT molecular complexity index is 1180. The Hall–Kier alpha value is -3.86. The summed E-state index contributed by atoms with van der Waals surface area (Å²) < 4.78 is 26.0. The van der Waals surface area contributed by atoms with Crippen molar-refractivity contribution in [3.63, 3.8) is 0 Å². The van der Waals surface area contributed by atoms with E-state index in [-0.39, 0.29) is 47.5 Å². The van der Waals surface area contributed by atoms with Crippen LogP contribution in [0, 0.1) is 5.82 Å². The quantitative estimate of drug-likeness (QED) is 0.516. The summed E-state index contributed by atoms with van der Waals surface area (Å²) in [6.45, 7) is 2.02. The number of carboxylic acid groups (broad SMARTS) is 1. The van der Waals surface area contributed by atoms with E-state index >= 15 is 0 Å². The molecule has 2 N–H and O–H groups in total. The van der Waals surface area contributed by atoms with Crippen molar-refractivity contribution in [1.29, 1.82) is 0 Å². The van der Waals surface area contributed by atoms with E-state index in [1.165, 1.54) is 50.0 Å². The second kappa shape index (κ2) is 8.94. The highest BCUT2D eigenvalue weighted by Gasteiger charge is 2.46. The highest BCUT2D eigenvalue weighted by Crippen LogP contribution is 2.35. The molecule has 3 aromatic rings. The van der Waals surface area contributed by atoms with Crippen LogP contribution in [-0.2, 0) is 0 Å². The average Bonchev–Trinajstić information content (AvgIpc) is 3.34. The minimum absolute atomic E-state index is 0.00215. The number of aromatic nitrogens is 4. The van der Waals surface area contributed by atoms with E-state index in [9.17, 15) is 19.1 Å². The third-order valence-corrected chi connectivity index (χ3v) is 5.59. The lowest BCUT2D eigenvalue weighted by Crippen LogP contribution is -2.58. The minimum atomic E-state index is -1.55. The van der Waals surface area contributed by atoms with Gasteiger partial charge in [0.1, 0.15) is 11.4 Å². The van der Waals surface area contributed by atoms with Crippen molar-refractivity contribution in [2.75, 3.05) is 13.7 Å². The van der Waals surface area contributed by atoms with E-state index < -0.39 is 23.2 Å². The van der Waals surface area contributed by atoms with Gasteiger partial charge in [0.2, 0.25) is 11.7 Å². The molecular weight excluding hydrogens is 433 g/mol. The highest BCUT2D eigenvalue weighted by molar-refractivity contribution is 6.06. The summed E-state index contributed by atoms with van der Waals surface area (Å²) in [6.07, 6.45) is 4.88. The van der Waals surface area contributed by atoms with Crippen LogP contribution in [0.25, 0.3) is 5.69 Å². The summed E-state index contributed by atoms with van der Waals surface area (Å²) in [5.41, 5.74) is -1.97. The fourth-order valence-electron chi connectivity index (χ4n) is 3.84. The summed E-state index contributed by atoms with van der Waals surface area (Å²) in [5.74, 6) is -2.77. The van der Waals surface area contributed by atoms with Crippen LogP contribution in [0.1, 0.15) is 40.5 Å². The van der Waals surface area contributed by atoms with Gasteiger partial charge in [-0.2, -0.15) is 10.2 Å². The number of para-hydroxylation sites is 1. The molecule has 2 atom stereocenters. The second-order valence-corrected chi connectivity index (χ2v) is 7.70. The number of halogens is 1. The first-order chi connectivity index (χ1) is 15.9. The summed E-state index contributed by atoms with van der Waals surface area (Å²) in [4.78, 5) is 30.9. The van der Waals surface area contributed by atoms with Crippen molar-refractivity contribution in [1.82, 2.24) is 25.3 Å². The maximum absolute atomic E-state index is 14.8. The molecule has 0 saturated carbocycles. The van der Waals surface area contributed by atoms with E-state index in [1.807, 2.05) is 6.92 Å². The number of nitrogens with zero attached hydrogens (tertiary/aromatic N) is 4. The van der Waals surface area contributed by atoms with Gasteiger partial charge in [0, 0.05) is 18.8 Å². The van der Waals surface area contributed by atoms with E-state index in [2.05, 4.69) is 20.5 Å². The molecule has 0 amide bonds. The molecular formula is C22H22FN5O5. The standard InChI is InChI=1S/C22H22FN5O5/c1-13-6-8-22(12-25-13,33-20-17(21(30)31)16(32-2)7-9-24-20)19(29)14-4-3-5-15(23)18(14)28-26-10-11-27-28/h3-5,7,9-11,13,25H,6,8,12H2,1-2H3,(H,30,31)/t13-,22-/m1/s1. The maximum Gasteiger partial charge on any atom is 0.345 e. The zero-order valence-corrected chi connectivity index (χ0v) is 18.0. The topological polar surface area (TPSA) is 128 Å². The molecule has 10 nitrogen and oxygen atoms in total. The fraction of sp³-hybridized carbons (Fsp3) is 0.318. The van der Waals surface area contributed by atoms with Crippen molar-refractivity contribution in [3.05, 3.63) is 59.8 Å². The predicted octanol–water partition coefficient (Wildman–Crippen LogP) is 2.28. The SMILES string of the molecule is COc1ccnc(O[C@]2(C(=O)c3cccc(F)c3-n3nccn3)CC[C@@H](C)NC2)c1C(=O)O. The number of ether oxygens (including phenoxy) is 2. The van der Waals surface area contributed by atoms with Crippen molar-refractivity contribution >= 4 is 11.8 Å². The molecule has 3 heterocycles. The van der Waals surface area contributed by atoms with Gasteiger partial charge in [-0.3, -0.25) is 4.79 Å². The first-order valence-electron chi connectivity index (χ1n) is 10.2. The lowest BCUT2D eigenvalue weighted by Gasteiger charge is -2.39. The fourth-order valence-corrected chi connectivity index (χ4v) is 3.84. The van der Waals surface area contributed by atoms with Crippen LogP contribution in [0.2, 0.25) is 0 Å². The van der Waals surface area contributed by atoms with Crippen LogP contribution < -0.4 is 14.8 Å². The molecule has 1 aliphatic rings. The molecule has 0 aliphatic carbocycles. The Labute approximate surface area is 188 Å². The van der Waals surface area contributed by atoms with Gasteiger partial charge >= 0.3 is 5.97 Å². The first-order valence-corrected chi connectivity index (χ1v) is 10.2. The van der Waals surface area contributed by atoms with Crippen LogP contribution in [0.5, 0.6) is 11.6 Å². The van der Waals surface area contributed by atoms with E-state index in [0.717, 1.165) is 4.80 Å². The Balaban J connectivity index is 1.83. The van der Waals surface area contributed by atoms with Gasteiger partial charge in [0.15, 0.2) is 17.0 Å². The number of aromatic carboxylic acids is 1. The van der Waals surface area contributed by atoms with Gasteiger partial charge in [-0.1, -0.05) is 6.07 Å². The second-order valence-electron chi connectivity index (χ2n) is 7.70. The number of Topliss-reactive ketones (excluding diaryl/α,β-unsaturated/α-hetero) is 1. The monoisotopic (exact) mass is 455 g/mol. The number of ketones is 1. The Morgan fingerprint density at radius 3 is 2.64 bits per heavy atom. The summed E-state index contributed by atoms with van der Waals surface area (Å²) in [7, 11) is 1.33. The zero-order valence-electron chi connectivity index (χ0n) is 18.0. The number of benzene rings is 1. The molecule has 0 spiro atoms. The summed E-state index contributed by atoms with van der Waals surface area (Å²) >= 11 is 0. The lowest BCUT2D eigenvalue weighted by molar-refractivity contribution is 0.0249. The molecule has 33 heavy (non-hydrogen) atoms. The van der Waals surface area contributed by atoms with Gasteiger partial charge < -0.3 is 19.9 Å². The van der Waals surface area contributed by atoms with Crippen molar-refractivity contribution in [3.8, 4) is 17.3 Å². The average molecular weight is 455 g/mol. The maximum atomic E-state index is 14.8. The van der Waals surface area contributed by atoms with E-state index in [1.54, 1.807) is 0 Å². The Morgan fingerprint density at radius 2 is 2.00 bits per heavy atom. The van der Waals surface area contributed by atoms with Crippen LogP contribution in [-0.4, -0.2) is 62.1 Å². The molecule has 1 aromatic carbocycles. The Kier molecular flexibility index (Phi) is 6.05. The van der Waals surface area contributed by atoms with Crippen molar-refractivity contribution in [2.24, 2.45) is 0 Å². The van der Waals surface area contributed by atoms with Crippen LogP contribution >= 0.6 is 0 Å². The number of pyridine rings is 1. The van der Waals surface area contributed by atoms with Gasteiger partial charge in [-0.25, -0.2) is 14.2 Å². The van der Waals surface area contributed by atoms with Crippen molar-refractivity contribution < 1.29 is 28.6 Å². The number of methoxy groups -OCH3 is 1. The molecule has 11 heteroatoms. The molecule has 0 bridgehead atoms. The zero-order chi connectivity index (χ0) is 23.6. The number of nitrogens with one attached hydrogen (secondary N) is 1. The van der Waals surface area contributed by atoms with Crippen LogP contribution in [0.4, 0.5) is 4.39 Å². The molecule has 1 aliphatic heterocycles. The molecule has 172 valence electrons. The smallest absolute Gasteiger partial charge is 0.345 e. The Morgan fingerprint density at radius 1 is 1.24 bits per heavy atom. The van der Waals surface area contributed by atoms with Gasteiger partial charge in [0.25, 0.3) is 0 Å². The third kappa shape index (κ3) is 4.14. The van der Waals surface area contributed by atoms with Gasteiger partial charge in [-0.05, 0) is 38.0 Å². The van der Waals surface area contributed by atoms with Gasteiger partial charge in [0.05, 0.1) is 25.1 Å². The number of carbonyl (C=O) groups is 2. The van der Waals surface area contributed by atoms with E-state index in [4.69, 9.17) is 9.47 Å². The van der Waals surface area contributed by atoms with E-state index in [0.29, 0.717) is 6.42 Å². The molecule has 1 fully saturated rings. The number of rotatable bonds is 7. The molecule has 1 saturated heterocycles. The molecule has 2 aromatic heterocycles. The number of hydrogen-bond donors (Lipinski definition) is 2. The minimum Gasteiger partial charge on any atom is -0.496 e. The molecule has 0 unspecified atom stereocenters. The van der Waals surface area contributed by atoms with Crippen LogP contribution in [0.15, 0.2) is 42.9 Å². The summed E-state index contributed by atoms with van der Waals surface area (Å²) in [5, 5.41) is 20.9. The normalized spacial score (nSPS) is 20.3. The van der Waals surface area contributed by atoms with Crippen molar-refractivity contribution in [2.45, 2.75) is 31.4 Å². The molecule has 4 rings (SSSR count). The lowest BCUT2D eigenvalue weighted by atomic mass is 9.83. The van der Waals surface area contributed by atoms with Crippen LogP contribution in [0.3, 0.4) is 0 Å². The summed E-state index contributed by atoms with van der Waals surface area (Å²) in [6, 6.07) is 5.57. The highest BCUT2D eigenvalue weighted by atomic mass is 19.1. The number of carbonyl (C=O) groups excluding carboxylic acids is 1.